The highest BCUT2D eigenvalue weighted by molar-refractivity contribution is 6.75. The summed E-state index contributed by atoms with van der Waals surface area (Å²) in [4.78, 5) is 54.2. The average molecular weight is 1510 g/mol. The number of carbonyl (C=O) groups excluding carboxylic acids is 4. The van der Waals surface area contributed by atoms with Gasteiger partial charge in [-0.1, -0.05) is 180 Å². The van der Waals surface area contributed by atoms with E-state index in [1.807, 2.05) is 0 Å². The zero-order valence-electron chi connectivity index (χ0n) is 68.1. The van der Waals surface area contributed by atoms with E-state index >= 15 is 0 Å². The highest BCUT2D eigenvalue weighted by atomic mass is 28.4. The predicted octanol–water partition coefficient (Wildman–Crippen LogP) is 19.2. The van der Waals surface area contributed by atoms with Gasteiger partial charge in [-0.25, -0.2) is 19.2 Å². The quantitative estimate of drug-likeness (QED) is 0.0121. The Morgan fingerprint density at radius 1 is 0.288 bits per heavy atom. The van der Waals surface area contributed by atoms with Gasteiger partial charge in [-0.15, -0.1) is 0 Å². The first kappa shape index (κ1) is 88.3. The van der Waals surface area contributed by atoms with E-state index in [9.17, 15) is 19.2 Å². The fourth-order valence-corrected chi connectivity index (χ4v) is 15.0. The first-order valence-electron chi connectivity index (χ1n) is 37.0. The number of fused-ring (bicyclic) bond motifs is 8. The lowest BCUT2D eigenvalue weighted by molar-refractivity contribution is -0.140. The second kappa shape index (κ2) is 37.4. The summed E-state index contributed by atoms with van der Waals surface area (Å²) in [6, 6.07) is 16.9. The monoisotopic (exact) mass is 1500 g/mol. The van der Waals surface area contributed by atoms with Crippen molar-refractivity contribution in [2.45, 2.75) is 235 Å². The summed E-state index contributed by atoms with van der Waals surface area (Å²) in [5.74, 6) is 0.310. The Kier molecular flexibility index (Phi) is 31.8. The minimum Gasteiger partial charge on any atom is -0.489 e. The van der Waals surface area contributed by atoms with Crippen molar-refractivity contribution in [1.29, 1.82) is 0 Å². The molecule has 576 valence electrons. The van der Waals surface area contributed by atoms with E-state index in [0.29, 0.717) is 123 Å². The Morgan fingerprint density at radius 3 is 0.587 bits per heavy atom. The van der Waals surface area contributed by atoms with Gasteiger partial charge >= 0.3 is 23.9 Å². The smallest absolute Gasteiger partial charge is 0.333 e. The second-order valence-electron chi connectivity index (χ2n) is 34.1. The third-order valence-electron chi connectivity index (χ3n) is 21.2. The van der Waals surface area contributed by atoms with Crippen LogP contribution in [0, 0.1) is 27.7 Å². The van der Waals surface area contributed by atoms with Gasteiger partial charge in [0.15, 0.2) is 33.3 Å². The highest BCUT2D eigenvalue weighted by Crippen LogP contribution is 2.44. The van der Waals surface area contributed by atoms with E-state index in [0.717, 1.165) is 66.8 Å². The summed E-state index contributed by atoms with van der Waals surface area (Å²) in [7, 11) is -8.26. The van der Waals surface area contributed by atoms with Crippen LogP contribution in [0.15, 0.2) is 97.1 Å². The van der Waals surface area contributed by atoms with E-state index < -0.39 is 57.1 Å². The van der Waals surface area contributed by atoms with Gasteiger partial charge in [-0.05, 0) is 145 Å². The van der Waals surface area contributed by atoms with Crippen LogP contribution in [-0.4, -0.2) is 136 Å². The fourth-order valence-electron chi connectivity index (χ4n) is 10.8. The molecule has 0 saturated carbocycles. The zero-order valence-corrected chi connectivity index (χ0v) is 72.1. The normalized spacial score (nSPS) is 13.2. The van der Waals surface area contributed by atoms with Crippen LogP contribution in [0.5, 0.6) is 23.0 Å². The van der Waals surface area contributed by atoms with Gasteiger partial charge in [0, 0.05) is 100 Å². The summed E-state index contributed by atoms with van der Waals surface area (Å²) in [6.45, 7) is 69.4. The Morgan fingerprint density at radius 2 is 0.442 bits per heavy atom. The molecular formula is C84H128O16Si4. The third kappa shape index (κ3) is 26.0. The van der Waals surface area contributed by atoms with Crippen LogP contribution >= 0.6 is 0 Å². The molecule has 1 aliphatic rings. The van der Waals surface area contributed by atoms with Crippen molar-refractivity contribution in [3.8, 4) is 23.0 Å². The Hall–Kier alpha value is -6.37. The summed E-state index contributed by atoms with van der Waals surface area (Å²) >= 11 is 0. The number of ether oxygens (including phenoxy) is 8. The van der Waals surface area contributed by atoms with Crippen LogP contribution in [0.3, 0.4) is 0 Å². The number of hydrogen-bond donors (Lipinski definition) is 0. The van der Waals surface area contributed by atoms with Crippen molar-refractivity contribution < 1.29 is 74.8 Å². The maximum Gasteiger partial charge on any atom is 0.333 e. The molecule has 0 spiro atoms. The molecule has 4 aromatic rings. The molecular weight excluding hydrogens is 1380 g/mol. The van der Waals surface area contributed by atoms with Crippen LogP contribution in [0.2, 0.25) is 72.5 Å². The topological polar surface area (TPSA) is 179 Å². The molecule has 4 aromatic carbocycles. The molecule has 104 heavy (non-hydrogen) atoms. The van der Waals surface area contributed by atoms with E-state index in [1.165, 1.54) is 0 Å². The number of esters is 4. The molecule has 16 nitrogen and oxygen atoms in total. The van der Waals surface area contributed by atoms with E-state index in [-0.39, 0.29) is 73.0 Å². The molecule has 0 fully saturated rings. The molecule has 20 heteroatoms. The molecule has 0 atom stereocenters. The Bertz CT molecular complexity index is 3130. The van der Waals surface area contributed by atoms with Crippen molar-refractivity contribution in [2.24, 2.45) is 0 Å². The molecule has 0 heterocycles. The lowest BCUT2D eigenvalue weighted by Gasteiger charge is -2.36. The molecule has 8 bridgehead atoms. The third-order valence-corrected chi connectivity index (χ3v) is 39.3. The SMILES string of the molecule is C=C(CCO[Si](C)(C)C(C)(C)C)C(=O)OCCOc1c2cc(C)cc1Cc1cc(C)cc(c1OCCOC(=O)C(=C)CCO[Si](C)(C)C(C)(C)C)Cc1cc(C)cc(c1OCCOC(=O)C(=C)CCO[Si](C)(C)C(C)(C)C)Cc1cc(C)cc(c1OCCOC(=O)C(=C)CCO[Si](C)(C)C(C)(C)C)C2. The summed E-state index contributed by atoms with van der Waals surface area (Å²) in [6.07, 6.45) is 2.64. The standard InChI is InChI=1S/C84H128O16Si4/c1-57-45-65-53-67-47-58(2)49-69(74(67)90-38-42-94-78(86)62(6)30-34-98-102(23,24)82(12,13)14)55-71-51-60(4)52-72(76(71)92-40-44-96-80(88)64(8)32-36-100-104(27,28)84(18,19)20)56-70-50-59(3)48-68(75(70)91-39-43-95-79(87)63(7)31-35-99-103(25,26)83(15,16)17)54-66(46-57)73(65)89-37-41-93-77(85)61(5)29-33-97-101(21,22)81(9,10)11/h45-52H,5-8,29-44,53-56H2,1-4,9-28H3. The van der Waals surface area contributed by atoms with Gasteiger partial charge in [0.1, 0.15) is 75.9 Å². The first-order valence-corrected chi connectivity index (χ1v) is 48.6. The van der Waals surface area contributed by atoms with E-state index in [2.05, 4.69) is 238 Å². The lowest BCUT2D eigenvalue weighted by atomic mass is 9.88. The maximum absolute atomic E-state index is 13.6. The molecule has 0 aromatic heterocycles. The van der Waals surface area contributed by atoms with Crippen molar-refractivity contribution in [3.63, 3.8) is 0 Å². The Labute approximate surface area is 629 Å². The lowest BCUT2D eigenvalue weighted by Crippen LogP contribution is -2.41. The highest BCUT2D eigenvalue weighted by Gasteiger charge is 2.40. The molecule has 0 amide bonds. The molecule has 0 saturated heterocycles. The second-order valence-corrected chi connectivity index (χ2v) is 53.4. The van der Waals surface area contributed by atoms with Gasteiger partial charge in [-0.2, -0.15) is 0 Å². The molecule has 1 aliphatic carbocycles. The summed E-state index contributed by atoms with van der Waals surface area (Å²) in [5.41, 5.74) is 11.9. The van der Waals surface area contributed by atoms with Gasteiger partial charge < -0.3 is 55.6 Å². The van der Waals surface area contributed by atoms with Crippen LogP contribution in [0.1, 0.15) is 176 Å². The zero-order chi connectivity index (χ0) is 78.1. The minimum absolute atomic E-state index is 0.00770. The van der Waals surface area contributed by atoms with Gasteiger partial charge in [0.25, 0.3) is 0 Å². The molecule has 5 rings (SSSR count). The van der Waals surface area contributed by atoms with Crippen molar-refractivity contribution in [2.75, 3.05) is 79.3 Å². The van der Waals surface area contributed by atoms with Crippen molar-refractivity contribution in [1.82, 2.24) is 0 Å². The average Bonchev–Trinajstić information content (AvgIpc) is 0.775. The summed E-state index contributed by atoms with van der Waals surface area (Å²) in [5, 5.41) is 0.0308. The number of rotatable bonds is 36. The van der Waals surface area contributed by atoms with Gasteiger partial charge in [-0.3, -0.25) is 0 Å². The number of benzene rings is 4. The Balaban J connectivity index is 1.62. The largest absolute Gasteiger partial charge is 0.489 e. The predicted molar refractivity (Wildman–Crippen MR) is 429 cm³/mol. The van der Waals surface area contributed by atoms with Crippen molar-refractivity contribution in [3.05, 3.63) is 164 Å². The van der Waals surface area contributed by atoms with Crippen LogP contribution in [-0.2, 0) is 81.5 Å². The first-order chi connectivity index (χ1) is 48.0. The molecule has 0 aliphatic heterocycles. The van der Waals surface area contributed by atoms with Crippen LogP contribution in [0.4, 0.5) is 0 Å². The number of carbonyl (C=O) groups is 4. The maximum atomic E-state index is 13.6. The van der Waals surface area contributed by atoms with Crippen molar-refractivity contribution >= 4 is 57.1 Å². The fraction of sp³-hybridized carbons (Fsp3) is 0.571. The number of hydrogen-bond acceptors (Lipinski definition) is 16. The van der Waals surface area contributed by atoms with Crippen LogP contribution < -0.4 is 18.9 Å². The van der Waals surface area contributed by atoms with Gasteiger partial charge in [0.2, 0.25) is 0 Å². The van der Waals surface area contributed by atoms with Gasteiger partial charge in [0.05, 0.1) is 0 Å². The van der Waals surface area contributed by atoms with E-state index in [1.54, 1.807) is 0 Å². The van der Waals surface area contributed by atoms with Crippen LogP contribution in [0.25, 0.3) is 0 Å². The van der Waals surface area contributed by atoms with E-state index in [4.69, 9.17) is 55.6 Å². The number of aryl methyl sites for hydroxylation is 4. The molecule has 0 N–H and O–H groups in total. The molecule has 0 radical (unpaired) electrons. The molecule has 0 unspecified atom stereocenters. The minimum atomic E-state index is -2.07. The summed E-state index contributed by atoms with van der Waals surface area (Å²) < 4.78 is 76.7.